The Kier molecular flexibility index (Phi) is 4.15. The Morgan fingerprint density at radius 1 is 1.11 bits per heavy atom. The van der Waals surface area contributed by atoms with Crippen LogP contribution in [0.3, 0.4) is 0 Å². The van der Waals surface area contributed by atoms with Gasteiger partial charge in [-0.05, 0) is 74.3 Å². The average molecular weight is 392 g/mol. The molecule has 3 saturated carbocycles. The lowest BCUT2D eigenvalue weighted by atomic mass is 9.45. The maximum atomic E-state index is 12.5. The molecule has 3 fully saturated rings. The van der Waals surface area contributed by atoms with Crippen LogP contribution in [0.1, 0.15) is 59.8 Å². The molecule has 0 bridgehead atoms. The lowest BCUT2D eigenvalue weighted by Gasteiger charge is -2.61. The van der Waals surface area contributed by atoms with E-state index in [9.17, 15) is 30.0 Å². The Balaban J connectivity index is 1.84. The zero-order valence-corrected chi connectivity index (χ0v) is 17.1. The third-order valence-corrected chi connectivity index (χ3v) is 9.18. The van der Waals surface area contributed by atoms with Crippen molar-refractivity contribution in [1.29, 1.82) is 0 Å². The average Bonchev–Trinajstić information content (AvgIpc) is 2.78. The van der Waals surface area contributed by atoms with Crippen molar-refractivity contribution in [3.05, 3.63) is 11.6 Å². The van der Waals surface area contributed by atoms with E-state index in [0.29, 0.717) is 31.3 Å². The van der Waals surface area contributed by atoms with Gasteiger partial charge in [-0.15, -0.1) is 0 Å². The predicted octanol–water partition coefficient (Wildman–Crippen LogP) is 1.14. The third kappa shape index (κ3) is 2.12. The van der Waals surface area contributed by atoms with Crippen LogP contribution in [0.15, 0.2) is 11.6 Å². The third-order valence-electron chi connectivity index (χ3n) is 9.18. The first-order chi connectivity index (χ1) is 12.8. The minimum absolute atomic E-state index is 0.0208. The molecular weight excluding hydrogens is 360 g/mol. The highest BCUT2D eigenvalue weighted by molar-refractivity contribution is 5.92. The lowest BCUT2D eigenvalue weighted by Crippen LogP contribution is -2.65. The molecule has 9 atom stereocenters. The largest absolute Gasteiger partial charge is 0.390 e. The van der Waals surface area contributed by atoms with Crippen molar-refractivity contribution >= 4 is 11.6 Å². The summed E-state index contributed by atoms with van der Waals surface area (Å²) >= 11 is 0. The summed E-state index contributed by atoms with van der Waals surface area (Å²) in [5, 5.41) is 44.5. The number of Topliss-reactive ketones (excluding diaryl/α,β-unsaturated/α-hetero) is 1. The number of aliphatic hydroxyl groups is 4. The molecule has 156 valence electrons. The molecule has 0 heterocycles. The normalized spacial score (nSPS) is 55.8. The highest BCUT2D eigenvalue weighted by Gasteiger charge is 2.74. The summed E-state index contributed by atoms with van der Waals surface area (Å²) < 4.78 is 0. The SMILES string of the molecule is CC(=O)[C@@]1(O)C(C)(O)C[C@H]2[C@@H]3C(O)C(O)C4=CC(=O)CC[C@]4(C)[C@H]3CC[C@@]21C. The van der Waals surface area contributed by atoms with E-state index in [4.69, 9.17) is 0 Å². The maximum absolute atomic E-state index is 12.5. The fourth-order valence-electron chi connectivity index (χ4n) is 7.70. The topological polar surface area (TPSA) is 115 Å². The number of hydrogen-bond acceptors (Lipinski definition) is 6. The Morgan fingerprint density at radius 3 is 2.36 bits per heavy atom. The molecular formula is C22H32O6. The minimum atomic E-state index is -1.89. The molecule has 0 aromatic carbocycles. The number of hydrogen-bond donors (Lipinski definition) is 4. The molecule has 4 rings (SSSR count). The molecule has 0 saturated heterocycles. The molecule has 6 heteroatoms. The molecule has 0 aliphatic heterocycles. The lowest BCUT2D eigenvalue weighted by molar-refractivity contribution is -0.200. The van der Waals surface area contributed by atoms with Crippen molar-refractivity contribution in [3.8, 4) is 0 Å². The number of rotatable bonds is 1. The van der Waals surface area contributed by atoms with Gasteiger partial charge in [0, 0.05) is 11.8 Å². The van der Waals surface area contributed by atoms with Gasteiger partial charge in [0.05, 0.1) is 11.7 Å². The first-order valence-electron chi connectivity index (χ1n) is 10.4. The predicted molar refractivity (Wildman–Crippen MR) is 101 cm³/mol. The van der Waals surface area contributed by atoms with Gasteiger partial charge in [0.1, 0.15) is 6.10 Å². The van der Waals surface area contributed by atoms with Gasteiger partial charge in [-0.25, -0.2) is 0 Å². The van der Waals surface area contributed by atoms with Crippen molar-refractivity contribution < 1.29 is 30.0 Å². The van der Waals surface area contributed by atoms with Crippen LogP contribution >= 0.6 is 0 Å². The second kappa shape index (κ2) is 5.75. The molecule has 0 aromatic heterocycles. The van der Waals surface area contributed by atoms with E-state index in [0.717, 1.165) is 0 Å². The maximum Gasteiger partial charge on any atom is 0.164 e. The van der Waals surface area contributed by atoms with Crippen LogP contribution in [-0.2, 0) is 9.59 Å². The van der Waals surface area contributed by atoms with E-state index >= 15 is 0 Å². The smallest absolute Gasteiger partial charge is 0.164 e. The molecule has 4 aliphatic carbocycles. The summed E-state index contributed by atoms with van der Waals surface area (Å²) in [6.07, 6.45) is 1.72. The zero-order valence-electron chi connectivity index (χ0n) is 17.1. The molecule has 0 radical (unpaired) electrons. The van der Waals surface area contributed by atoms with Crippen molar-refractivity contribution in [1.82, 2.24) is 0 Å². The van der Waals surface area contributed by atoms with Crippen LogP contribution in [0.4, 0.5) is 0 Å². The molecule has 0 amide bonds. The van der Waals surface area contributed by atoms with Crippen molar-refractivity contribution in [2.45, 2.75) is 83.2 Å². The quantitative estimate of drug-likeness (QED) is 0.532. The van der Waals surface area contributed by atoms with Gasteiger partial charge in [-0.2, -0.15) is 0 Å². The van der Waals surface area contributed by atoms with Crippen molar-refractivity contribution in [3.63, 3.8) is 0 Å². The van der Waals surface area contributed by atoms with Gasteiger partial charge in [-0.3, -0.25) is 9.59 Å². The van der Waals surface area contributed by atoms with Gasteiger partial charge >= 0.3 is 0 Å². The Bertz CT molecular complexity index is 771. The molecule has 6 nitrogen and oxygen atoms in total. The van der Waals surface area contributed by atoms with E-state index < -0.39 is 40.0 Å². The van der Waals surface area contributed by atoms with E-state index in [-0.39, 0.29) is 30.0 Å². The Morgan fingerprint density at radius 2 is 1.75 bits per heavy atom. The second-order valence-electron chi connectivity index (χ2n) is 10.4. The fraction of sp³-hybridized carbons (Fsp3) is 0.818. The number of fused-ring (bicyclic) bond motifs is 5. The van der Waals surface area contributed by atoms with Crippen LogP contribution in [0.5, 0.6) is 0 Å². The Labute approximate surface area is 165 Å². The number of carbonyl (C=O) groups is 2. The summed E-state index contributed by atoms with van der Waals surface area (Å²) in [7, 11) is 0. The molecule has 28 heavy (non-hydrogen) atoms. The number of carbonyl (C=O) groups excluding carboxylic acids is 2. The van der Waals surface area contributed by atoms with Crippen LogP contribution < -0.4 is 0 Å². The van der Waals surface area contributed by atoms with Gasteiger partial charge < -0.3 is 20.4 Å². The molecule has 4 aliphatic rings. The van der Waals surface area contributed by atoms with E-state index in [1.54, 1.807) is 0 Å². The first-order valence-corrected chi connectivity index (χ1v) is 10.4. The Hall–Kier alpha value is -1.08. The van der Waals surface area contributed by atoms with Gasteiger partial charge in [0.2, 0.25) is 0 Å². The fourth-order valence-corrected chi connectivity index (χ4v) is 7.70. The highest BCUT2D eigenvalue weighted by Crippen LogP contribution is 2.69. The van der Waals surface area contributed by atoms with Gasteiger partial charge in [-0.1, -0.05) is 13.8 Å². The number of ketones is 2. The van der Waals surface area contributed by atoms with Gasteiger partial charge in [0.15, 0.2) is 17.2 Å². The van der Waals surface area contributed by atoms with Crippen molar-refractivity contribution in [2.24, 2.45) is 28.6 Å². The van der Waals surface area contributed by atoms with Crippen LogP contribution in [0, 0.1) is 28.6 Å². The summed E-state index contributed by atoms with van der Waals surface area (Å²) in [6.45, 7) is 6.72. The zero-order chi connectivity index (χ0) is 20.9. The first kappa shape index (κ1) is 20.2. The summed E-state index contributed by atoms with van der Waals surface area (Å²) in [5.41, 5.74) is -4.15. The van der Waals surface area contributed by atoms with E-state index in [1.165, 1.54) is 19.9 Å². The van der Waals surface area contributed by atoms with Gasteiger partial charge in [0.25, 0.3) is 0 Å². The second-order valence-corrected chi connectivity index (χ2v) is 10.4. The number of aliphatic hydroxyl groups excluding tert-OH is 2. The molecule has 3 unspecified atom stereocenters. The van der Waals surface area contributed by atoms with E-state index in [2.05, 4.69) is 6.92 Å². The highest BCUT2D eigenvalue weighted by atomic mass is 16.4. The minimum Gasteiger partial charge on any atom is -0.390 e. The van der Waals surface area contributed by atoms with Crippen LogP contribution in [0.2, 0.25) is 0 Å². The van der Waals surface area contributed by atoms with E-state index in [1.807, 2.05) is 6.92 Å². The van der Waals surface area contributed by atoms with Crippen molar-refractivity contribution in [2.75, 3.05) is 0 Å². The summed E-state index contributed by atoms with van der Waals surface area (Å²) in [5.74, 6) is -1.12. The molecule has 0 aromatic rings. The summed E-state index contributed by atoms with van der Waals surface area (Å²) in [4.78, 5) is 24.5. The summed E-state index contributed by atoms with van der Waals surface area (Å²) in [6, 6.07) is 0. The molecule has 0 spiro atoms. The molecule has 4 N–H and O–H groups in total. The monoisotopic (exact) mass is 392 g/mol. The van der Waals surface area contributed by atoms with Crippen LogP contribution in [-0.4, -0.2) is 55.4 Å². The van der Waals surface area contributed by atoms with Crippen LogP contribution in [0.25, 0.3) is 0 Å². The standard InChI is InChI=1S/C22H32O6/c1-11(23)22(28)20(3)8-6-13-16(15(20)10-21(22,4)27)18(26)17(25)14-9-12(24)5-7-19(13,14)2/h9,13,15-18,25-28H,5-8,10H2,1-4H3/t13-,15-,16+,17?,18?,19+,20-,21?,22-/m0/s1.